The molecule has 0 aliphatic carbocycles. The average molecular weight is 293 g/mol. The molecule has 0 N–H and O–H groups in total. The summed E-state index contributed by atoms with van der Waals surface area (Å²) in [5.41, 5.74) is 3.34. The van der Waals surface area contributed by atoms with Crippen molar-refractivity contribution in [2.75, 3.05) is 0 Å². The molecule has 0 unspecified atom stereocenters. The molecule has 104 valence electrons. The predicted octanol–water partition coefficient (Wildman–Crippen LogP) is 4.26. The largest absolute Gasteiger partial charge is 0.321 e. The van der Waals surface area contributed by atoms with Crippen LogP contribution in [-0.4, -0.2) is 14.5 Å². The summed E-state index contributed by atoms with van der Waals surface area (Å²) in [6.45, 7) is 2.94. The Morgan fingerprint density at radius 1 is 0.952 bits per heavy atom. The molecule has 0 fully saturated rings. The smallest absolute Gasteiger partial charge is 0.114 e. The molecule has 0 spiro atoms. The van der Waals surface area contributed by atoms with Crippen LogP contribution in [0.2, 0.25) is 0 Å². The van der Waals surface area contributed by atoms with Gasteiger partial charge in [-0.05, 0) is 24.3 Å². The molecule has 0 radical (unpaired) electrons. The lowest BCUT2D eigenvalue weighted by molar-refractivity contribution is 0.750. The van der Waals surface area contributed by atoms with Crippen LogP contribution in [-0.2, 0) is 13.0 Å². The van der Waals surface area contributed by atoms with Crippen molar-refractivity contribution >= 4 is 32.6 Å². The second-order valence-corrected chi connectivity index (χ2v) is 6.15. The van der Waals surface area contributed by atoms with E-state index in [4.69, 9.17) is 9.97 Å². The van der Waals surface area contributed by atoms with Gasteiger partial charge in [0.1, 0.15) is 10.8 Å². The van der Waals surface area contributed by atoms with E-state index in [1.807, 2.05) is 12.1 Å². The lowest BCUT2D eigenvalue weighted by Crippen LogP contribution is -2.03. The van der Waals surface area contributed by atoms with Crippen LogP contribution in [0.5, 0.6) is 0 Å². The number of aryl methyl sites for hydroxylation is 1. The summed E-state index contributed by atoms with van der Waals surface area (Å²) in [5, 5.41) is 1.13. The Balaban J connectivity index is 1.82. The van der Waals surface area contributed by atoms with Crippen molar-refractivity contribution in [3.05, 3.63) is 59.4 Å². The Morgan fingerprint density at radius 2 is 1.71 bits per heavy atom. The van der Waals surface area contributed by atoms with Crippen LogP contribution in [0.4, 0.5) is 0 Å². The van der Waals surface area contributed by atoms with Gasteiger partial charge in [-0.25, -0.2) is 9.97 Å². The first-order valence-corrected chi connectivity index (χ1v) is 7.95. The molecule has 3 nitrogen and oxygen atoms in total. The fraction of sp³-hybridized carbons (Fsp3) is 0.176. The number of imidazole rings is 1. The summed E-state index contributed by atoms with van der Waals surface area (Å²) >= 11 is 1.76. The Labute approximate surface area is 126 Å². The van der Waals surface area contributed by atoms with Crippen LogP contribution in [0.3, 0.4) is 0 Å². The zero-order valence-electron chi connectivity index (χ0n) is 11.8. The third-order valence-corrected chi connectivity index (χ3v) is 4.70. The number of hydrogen-bond acceptors (Lipinski definition) is 3. The number of aromatic nitrogens is 3. The van der Waals surface area contributed by atoms with Crippen LogP contribution in [0.1, 0.15) is 17.8 Å². The molecule has 0 bridgehead atoms. The van der Waals surface area contributed by atoms with Crippen molar-refractivity contribution in [1.82, 2.24) is 14.5 Å². The zero-order chi connectivity index (χ0) is 14.2. The van der Waals surface area contributed by atoms with Gasteiger partial charge in [0.15, 0.2) is 0 Å². The second kappa shape index (κ2) is 4.97. The van der Waals surface area contributed by atoms with Crippen LogP contribution >= 0.6 is 11.3 Å². The fourth-order valence-corrected chi connectivity index (χ4v) is 3.65. The SMILES string of the molecule is CCc1nc2ccccc2n1Cc1nc2ccccc2s1. The van der Waals surface area contributed by atoms with Crippen LogP contribution in [0.15, 0.2) is 48.5 Å². The van der Waals surface area contributed by atoms with Gasteiger partial charge in [0, 0.05) is 6.42 Å². The number of para-hydroxylation sites is 3. The standard InChI is InChI=1S/C17H15N3S/c1-2-16-18-12-7-3-5-9-14(12)20(16)11-17-19-13-8-4-6-10-15(13)21-17/h3-10H,2,11H2,1H3. The molecule has 0 aliphatic heterocycles. The summed E-state index contributed by atoms with van der Waals surface area (Å²) in [5.74, 6) is 1.12. The second-order valence-electron chi connectivity index (χ2n) is 5.03. The average Bonchev–Trinajstić information content (AvgIpc) is 3.08. The van der Waals surface area contributed by atoms with Gasteiger partial charge >= 0.3 is 0 Å². The number of benzene rings is 2. The first-order valence-electron chi connectivity index (χ1n) is 7.14. The van der Waals surface area contributed by atoms with Gasteiger partial charge in [-0.2, -0.15) is 0 Å². The third-order valence-electron chi connectivity index (χ3n) is 3.68. The molecule has 0 aliphatic rings. The Kier molecular flexibility index (Phi) is 2.97. The van der Waals surface area contributed by atoms with Crippen molar-refractivity contribution in [3.63, 3.8) is 0 Å². The molecule has 21 heavy (non-hydrogen) atoms. The van der Waals surface area contributed by atoms with E-state index >= 15 is 0 Å². The highest BCUT2D eigenvalue weighted by molar-refractivity contribution is 7.18. The van der Waals surface area contributed by atoms with Gasteiger partial charge in [-0.15, -0.1) is 11.3 Å². The highest BCUT2D eigenvalue weighted by Gasteiger charge is 2.11. The van der Waals surface area contributed by atoms with Gasteiger partial charge in [0.2, 0.25) is 0 Å². The molecule has 0 saturated heterocycles. The highest BCUT2D eigenvalue weighted by Crippen LogP contribution is 2.24. The van der Waals surface area contributed by atoms with Crippen molar-refractivity contribution in [2.45, 2.75) is 19.9 Å². The number of rotatable bonds is 3. The summed E-state index contributed by atoms with van der Waals surface area (Å²) < 4.78 is 3.53. The van der Waals surface area contributed by atoms with E-state index in [1.54, 1.807) is 11.3 Å². The fourth-order valence-electron chi connectivity index (χ4n) is 2.69. The van der Waals surface area contributed by atoms with Crippen molar-refractivity contribution in [1.29, 1.82) is 0 Å². The van der Waals surface area contributed by atoms with Gasteiger partial charge in [0.05, 0.1) is 27.8 Å². The van der Waals surface area contributed by atoms with Crippen molar-refractivity contribution in [2.24, 2.45) is 0 Å². The normalized spacial score (nSPS) is 11.5. The monoisotopic (exact) mass is 293 g/mol. The summed E-state index contributed by atoms with van der Waals surface area (Å²) in [7, 11) is 0. The summed E-state index contributed by atoms with van der Waals surface area (Å²) in [6, 6.07) is 16.6. The van der Waals surface area contributed by atoms with Crippen molar-refractivity contribution in [3.8, 4) is 0 Å². The number of fused-ring (bicyclic) bond motifs is 2. The topological polar surface area (TPSA) is 30.7 Å². The first kappa shape index (κ1) is 12.5. The Morgan fingerprint density at radius 3 is 2.52 bits per heavy atom. The Hall–Kier alpha value is -2.20. The molecular weight excluding hydrogens is 278 g/mol. The van der Waals surface area contributed by atoms with Gasteiger partial charge in [-0.3, -0.25) is 0 Å². The minimum atomic E-state index is 0.795. The molecule has 4 aromatic rings. The molecule has 4 rings (SSSR count). The van der Waals surface area contributed by atoms with Gasteiger partial charge < -0.3 is 4.57 Å². The first-order chi connectivity index (χ1) is 10.3. The van der Waals surface area contributed by atoms with E-state index in [1.165, 1.54) is 10.2 Å². The minimum Gasteiger partial charge on any atom is -0.321 e. The Bertz CT molecular complexity index is 887. The molecule has 2 aromatic heterocycles. The van der Waals surface area contributed by atoms with Gasteiger partial charge in [0.25, 0.3) is 0 Å². The molecule has 0 amide bonds. The zero-order valence-corrected chi connectivity index (χ0v) is 12.6. The molecule has 0 atom stereocenters. The van der Waals surface area contributed by atoms with E-state index in [0.717, 1.165) is 34.8 Å². The van der Waals surface area contributed by atoms with E-state index in [-0.39, 0.29) is 0 Å². The number of hydrogen-bond donors (Lipinski definition) is 0. The quantitative estimate of drug-likeness (QED) is 0.565. The maximum absolute atomic E-state index is 4.74. The van der Waals surface area contributed by atoms with Crippen LogP contribution in [0, 0.1) is 0 Å². The number of thiazole rings is 1. The van der Waals surface area contributed by atoms with Crippen LogP contribution < -0.4 is 0 Å². The van der Waals surface area contributed by atoms with Crippen LogP contribution in [0.25, 0.3) is 21.3 Å². The van der Waals surface area contributed by atoms with E-state index in [2.05, 4.69) is 47.9 Å². The third kappa shape index (κ3) is 2.12. The molecule has 2 heterocycles. The lowest BCUT2D eigenvalue weighted by Gasteiger charge is -2.05. The number of nitrogens with zero attached hydrogens (tertiary/aromatic N) is 3. The molecule has 0 saturated carbocycles. The lowest BCUT2D eigenvalue weighted by atomic mass is 10.3. The molecule has 4 heteroatoms. The maximum atomic E-state index is 4.74. The minimum absolute atomic E-state index is 0.795. The summed E-state index contributed by atoms with van der Waals surface area (Å²) in [4.78, 5) is 9.46. The molecule has 2 aromatic carbocycles. The van der Waals surface area contributed by atoms with E-state index < -0.39 is 0 Å². The van der Waals surface area contributed by atoms with Crippen molar-refractivity contribution < 1.29 is 0 Å². The highest BCUT2D eigenvalue weighted by atomic mass is 32.1. The summed E-state index contributed by atoms with van der Waals surface area (Å²) in [6.07, 6.45) is 0.930. The maximum Gasteiger partial charge on any atom is 0.114 e. The predicted molar refractivity (Wildman–Crippen MR) is 87.8 cm³/mol. The van der Waals surface area contributed by atoms with E-state index in [0.29, 0.717) is 0 Å². The molecular formula is C17H15N3S. The van der Waals surface area contributed by atoms with E-state index in [9.17, 15) is 0 Å². The van der Waals surface area contributed by atoms with Gasteiger partial charge in [-0.1, -0.05) is 31.2 Å².